The molecule has 2 aromatic rings. The first kappa shape index (κ1) is 17.2. The minimum absolute atomic E-state index is 0.0336. The molecule has 5 heteroatoms. The highest BCUT2D eigenvalue weighted by Gasteiger charge is 2.40. The largest absolute Gasteiger partial charge is 0.388 e. The van der Waals surface area contributed by atoms with Gasteiger partial charge in [-0.05, 0) is 57.0 Å². The second-order valence-corrected chi connectivity index (χ2v) is 7.57. The zero-order valence-electron chi connectivity index (χ0n) is 15.8. The van der Waals surface area contributed by atoms with E-state index in [0.29, 0.717) is 12.0 Å². The van der Waals surface area contributed by atoms with E-state index >= 15 is 0 Å². The molecule has 3 aliphatic heterocycles. The molecule has 0 unspecified atom stereocenters. The fraction of sp³-hybridized carbons (Fsp3) is 0.476. The summed E-state index contributed by atoms with van der Waals surface area (Å²) in [5.41, 5.74) is 3.93. The van der Waals surface area contributed by atoms with E-state index in [9.17, 15) is 4.79 Å². The van der Waals surface area contributed by atoms with Gasteiger partial charge in [0.15, 0.2) is 0 Å². The summed E-state index contributed by atoms with van der Waals surface area (Å²) in [6.45, 7) is 4.59. The Morgan fingerprint density at radius 3 is 2.54 bits per heavy atom. The normalized spacial score (nSPS) is 27.3. The molecule has 1 aromatic carbocycles. The van der Waals surface area contributed by atoms with Crippen molar-refractivity contribution in [2.24, 2.45) is 13.0 Å². The molecular weight excluding hydrogens is 324 g/mol. The molecule has 1 amide bonds. The maximum Gasteiger partial charge on any atom is 0.268 e. The van der Waals surface area contributed by atoms with Crippen molar-refractivity contribution >= 4 is 11.6 Å². The summed E-state index contributed by atoms with van der Waals surface area (Å²) in [7, 11) is 3.89. The number of aromatic nitrogens is 1. The molecule has 5 nitrogen and oxygen atoms in total. The molecule has 3 aliphatic rings. The zero-order valence-corrected chi connectivity index (χ0v) is 15.8. The first-order chi connectivity index (χ1) is 12.6. The summed E-state index contributed by atoms with van der Waals surface area (Å²) in [6, 6.07) is 12.8. The standard InChI is InChI=1S/C21H28N4O/c1-14-20(15-10-12-25(14)13-11-15)23-21(26)19-9-8-18(24(19)3)16-6-4-5-7-17(16)22-2/h4-9,14-15,20,22H,10-13H2,1-3H3,(H,23,26)/t14-,20+/m1/s1. The Bertz CT molecular complexity index is 802. The lowest BCUT2D eigenvalue weighted by molar-refractivity contribution is 0.0215. The summed E-state index contributed by atoms with van der Waals surface area (Å²) < 4.78 is 2.00. The van der Waals surface area contributed by atoms with Crippen LogP contribution in [0.5, 0.6) is 0 Å². The number of hydrogen-bond acceptors (Lipinski definition) is 3. The van der Waals surface area contributed by atoms with Gasteiger partial charge in [-0.15, -0.1) is 0 Å². The lowest BCUT2D eigenvalue weighted by atomic mass is 9.79. The number of carbonyl (C=O) groups excluding carboxylic acids is 1. The van der Waals surface area contributed by atoms with Crippen LogP contribution in [0.2, 0.25) is 0 Å². The molecule has 2 N–H and O–H groups in total. The molecule has 2 atom stereocenters. The van der Waals surface area contributed by atoms with E-state index in [4.69, 9.17) is 0 Å². The van der Waals surface area contributed by atoms with Crippen molar-refractivity contribution in [2.45, 2.75) is 31.8 Å². The maximum atomic E-state index is 13.0. The summed E-state index contributed by atoms with van der Waals surface area (Å²) in [4.78, 5) is 15.5. The van der Waals surface area contributed by atoms with Crippen molar-refractivity contribution in [3.8, 4) is 11.3 Å². The Kier molecular flexibility index (Phi) is 4.49. The number of benzene rings is 1. The third kappa shape index (κ3) is 2.80. The number of piperidine rings is 3. The third-order valence-electron chi connectivity index (χ3n) is 6.30. The Hall–Kier alpha value is -2.27. The molecule has 0 spiro atoms. The Labute approximate surface area is 155 Å². The maximum absolute atomic E-state index is 13.0. The van der Waals surface area contributed by atoms with Gasteiger partial charge in [0.25, 0.3) is 5.91 Å². The molecule has 3 saturated heterocycles. The van der Waals surface area contributed by atoms with Gasteiger partial charge in [-0.2, -0.15) is 0 Å². The molecule has 5 rings (SSSR count). The number of para-hydroxylation sites is 1. The molecule has 3 fully saturated rings. The van der Waals surface area contributed by atoms with Crippen molar-refractivity contribution in [3.05, 3.63) is 42.1 Å². The smallest absolute Gasteiger partial charge is 0.268 e. The van der Waals surface area contributed by atoms with Gasteiger partial charge in [0.05, 0.1) is 5.69 Å². The van der Waals surface area contributed by atoms with Crippen molar-refractivity contribution in [1.29, 1.82) is 0 Å². The third-order valence-corrected chi connectivity index (χ3v) is 6.30. The van der Waals surface area contributed by atoms with E-state index in [1.807, 2.05) is 42.9 Å². The van der Waals surface area contributed by atoms with Crippen LogP contribution in [-0.4, -0.2) is 47.6 Å². The predicted octanol–water partition coefficient (Wildman–Crippen LogP) is 2.95. The molecule has 1 aromatic heterocycles. The number of hydrogen-bond donors (Lipinski definition) is 2. The number of nitrogens with one attached hydrogen (secondary N) is 2. The molecule has 26 heavy (non-hydrogen) atoms. The molecule has 2 bridgehead atoms. The van der Waals surface area contributed by atoms with Crippen molar-refractivity contribution < 1.29 is 4.79 Å². The number of anilines is 1. The lowest BCUT2D eigenvalue weighted by Crippen LogP contribution is -2.62. The fourth-order valence-corrected chi connectivity index (χ4v) is 4.70. The van der Waals surface area contributed by atoms with Crippen LogP contribution in [0, 0.1) is 5.92 Å². The fourth-order valence-electron chi connectivity index (χ4n) is 4.70. The Morgan fingerprint density at radius 2 is 1.85 bits per heavy atom. The summed E-state index contributed by atoms with van der Waals surface area (Å²) in [5, 5.41) is 6.56. The highest BCUT2D eigenvalue weighted by atomic mass is 16.2. The van der Waals surface area contributed by atoms with Crippen molar-refractivity contribution in [2.75, 3.05) is 25.5 Å². The van der Waals surface area contributed by atoms with Crippen LogP contribution in [-0.2, 0) is 7.05 Å². The average molecular weight is 352 g/mol. The highest BCUT2D eigenvalue weighted by Crippen LogP contribution is 2.33. The molecule has 0 aliphatic carbocycles. The van der Waals surface area contributed by atoms with Crippen molar-refractivity contribution in [1.82, 2.24) is 14.8 Å². The first-order valence-electron chi connectivity index (χ1n) is 9.58. The second kappa shape index (κ2) is 6.80. The first-order valence-corrected chi connectivity index (χ1v) is 9.58. The van der Waals surface area contributed by atoms with Gasteiger partial charge in [-0.1, -0.05) is 18.2 Å². The quantitative estimate of drug-likeness (QED) is 0.889. The summed E-state index contributed by atoms with van der Waals surface area (Å²) in [5.74, 6) is 0.648. The molecule has 0 saturated carbocycles. The summed E-state index contributed by atoms with van der Waals surface area (Å²) >= 11 is 0. The van der Waals surface area contributed by atoms with Crippen LogP contribution in [0.1, 0.15) is 30.3 Å². The predicted molar refractivity (Wildman–Crippen MR) is 105 cm³/mol. The minimum atomic E-state index is 0.0336. The lowest BCUT2D eigenvalue weighted by Gasteiger charge is -2.49. The van der Waals surface area contributed by atoms with E-state index in [0.717, 1.165) is 22.6 Å². The van der Waals surface area contributed by atoms with Crippen LogP contribution in [0.25, 0.3) is 11.3 Å². The van der Waals surface area contributed by atoms with Crippen LogP contribution in [0.15, 0.2) is 36.4 Å². The van der Waals surface area contributed by atoms with E-state index < -0.39 is 0 Å². The second-order valence-electron chi connectivity index (χ2n) is 7.57. The molecular formula is C21H28N4O. The van der Waals surface area contributed by atoms with Crippen LogP contribution in [0.4, 0.5) is 5.69 Å². The Balaban J connectivity index is 1.57. The van der Waals surface area contributed by atoms with Crippen LogP contribution < -0.4 is 10.6 Å². The topological polar surface area (TPSA) is 49.3 Å². The van der Waals surface area contributed by atoms with Crippen LogP contribution >= 0.6 is 0 Å². The van der Waals surface area contributed by atoms with Crippen molar-refractivity contribution in [3.63, 3.8) is 0 Å². The molecule has 0 radical (unpaired) electrons. The van der Waals surface area contributed by atoms with Gasteiger partial charge in [0.2, 0.25) is 0 Å². The van der Waals surface area contributed by atoms with Gasteiger partial charge in [0, 0.05) is 37.4 Å². The SMILES string of the molecule is CNc1ccccc1-c1ccc(C(=O)N[C@@H]2C3CCN(CC3)[C@@H]2C)n1C. The number of nitrogens with zero attached hydrogens (tertiary/aromatic N) is 2. The van der Waals surface area contributed by atoms with E-state index in [2.05, 4.69) is 34.6 Å². The zero-order chi connectivity index (χ0) is 18.3. The Morgan fingerprint density at radius 1 is 1.12 bits per heavy atom. The van der Waals surface area contributed by atoms with Crippen LogP contribution in [0.3, 0.4) is 0 Å². The van der Waals surface area contributed by atoms with Gasteiger partial charge in [0.1, 0.15) is 5.69 Å². The van der Waals surface area contributed by atoms with E-state index in [-0.39, 0.29) is 11.9 Å². The van der Waals surface area contributed by atoms with Gasteiger partial charge < -0.3 is 15.2 Å². The summed E-state index contributed by atoms with van der Waals surface area (Å²) in [6.07, 6.45) is 2.40. The van der Waals surface area contributed by atoms with E-state index in [1.54, 1.807) is 0 Å². The monoisotopic (exact) mass is 352 g/mol. The van der Waals surface area contributed by atoms with Gasteiger partial charge in [-0.25, -0.2) is 0 Å². The van der Waals surface area contributed by atoms with Gasteiger partial charge >= 0.3 is 0 Å². The number of carbonyl (C=O) groups is 1. The molecule has 4 heterocycles. The number of rotatable bonds is 4. The molecule has 138 valence electrons. The number of amides is 1. The highest BCUT2D eigenvalue weighted by molar-refractivity contribution is 5.94. The number of fused-ring (bicyclic) bond motifs is 3. The average Bonchev–Trinajstić information content (AvgIpc) is 3.06. The minimum Gasteiger partial charge on any atom is -0.388 e. The van der Waals surface area contributed by atoms with E-state index in [1.165, 1.54) is 25.9 Å². The van der Waals surface area contributed by atoms with Gasteiger partial charge in [-0.3, -0.25) is 9.69 Å².